The molecule has 28 heavy (non-hydrogen) atoms. The molecule has 6 nitrogen and oxygen atoms in total. The lowest BCUT2D eigenvalue weighted by molar-refractivity contribution is -0.114. The van der Waals surface area contributed by atoms with Crippen molar-refractivity contribution in [2.45, 2.75) is 0 Å². The van der Waals surface area contributed by atoms with E-state index in [0.29, 0.717) is 22.2 Å². The van der Waals surface area contributed by atoms with E-state index in [1.807, 2.05) is 35.7 Å². The molecule has 2 aromatic rings. The molecule has 7 heteroatoms. The van der Waals surface area contributed by atoms with Gasteiger partial charge in [0.15, 0.2) is 5.17 Å². The van der Waals surface area contributed by atoms with Gasteiger partial charge in [-0.1, -0.05) is 42.1 Å². The van der Waals surface area contributed by atoms with Gasteiger partial charge in [0.2, 0.25) is 0 Å². The highest BCUT2D eigenvalue weighted by atomic mass is 32.2. The Morgan fingerprint density at radius 3 is 2.61 bits per heavy atom. The molecule has 0 aliphatic carbocycles. The molecule has 0 unspecified atom stereocenters. The highest BCUT2D eigenvalue weighted by Gasteiger charge is 2.36. The van der Waals surface area contributed by atoms with E-state index in [1.165, 1.54) is 11.8 Å². The van der Waals surface area contributed by atoms with E-state index in [4.69, 9.17) is 14.9 Å². The number of carbonyl (C=O) groups excluding carboxylic acids is 1. The molecule has 0 spiro atoms. The molecule has 0 bridgehead atoms. The van der Waals surface area contributed by atoms with Gasteiger partial charge < -0.3 is 9.47 Å². The summed E-state index contributed by atoms with van der Waals surface area (Å²) in [6.45, 7) is 0. The molecular weight excluding hydrogens is 374 g/mol. The van der Waals surface area contributed by atoms with Crippen LogP contribution in [0.25, 0.3) is 11.8 Å². The fourth-order valence-electron chi connectivity index (χ4n) is 3.02. The number of nitrogens with one attached hydrogen (secondary N) is 1. The second kappa shape index (κ2) is 7.36. The fourth-order valence-corrected chi connectivity index (χ4v) is 3.91. The molecule has 2 aliphatic rings. The van der Waals surface area contributed by atoms with E-state index in [2.05, 4.69) is 4.99 Å². The number of hydrogen-bond acceptors (Lipinski definition) is 5. The molecule has 0 saturated heterocycles. The summed E-state index contributed by atoms with van der Waals surface area (Å²) in [5, 5.41) is 11.1. The summed E-state index contributed by atoms with van der Waals surface area (Å²) in [7, 11) is 3.13. The summed E-state index contributed by atoms with van der Waals surface area (Å²) in [5.74, 6) is 0.850. The van der Waals surface area contributed by atoms with E-state index < -0.39 is 5.91 Å². The van der Waals surface area contributed by atoms with Crippen molar-refractivity contribution >= 4 is 40.4 Å². The van der Waals surface area contributed by atoms with Crippen LogP contribution in [0.4, 0.5) is 0 Å². The lowest BCUT2D eigenvalue weighted by Crippen LogP contribution is -2.38. The van der Waals surface area contributed by atoms with Crippen LogP contribution in [0.15, 0.2) is 64.5 Å². The van der Waals surface area contributed by atoms with Crippen LogP contribution in [0.2, 0.25) is 0 Å². The van der Waals surface area contributed by atoms with Crippen LogP contribution in [0.5, 0.6) is 11.5 Å². The van der Waals surface area contributed by atoms with E-state index in [1.54, 1.807) is 43.4 Å². The van der Waals surface area contributed by atoms with Crippen molar-refractivity contribution < 1.29 is 14.3 Å². The van der Waals surface area contributed by atoms with Gasteiger partial charge in [0.1, 0.15) is 17.3 Å². The Bertz CT molecular complexity index is 1060. The number of thioether (sulfide) groups is 1. The molecule has 2 aliphatic heterocycles. The van der Waals surface area contributed by atoms with Crippen molar-refractivity contribution in [1.82, 2.24) is 4.90 Å². The Labute approximate surface area is 166 Å². The first kappa shape index (κ1) is 18.1. The monoisotopic (exact) mass is 391 g/mol. The summed E-state index contributed by atoms with van der Waals surface area (Å²) in [6, 6.07) is 15.0. The van der Waals surface area contributed by atoms with E-state index in [-0.39, 0.29) is 11.4 Å². The summed E-state index contributed by atoms with van der Waals surface area (Å²) in [4.78, 5) is 18.5. The third kappa shape index (κ3) is 3.10. The minimum atomic E-state index is -0.448. The lowest BCUT2D eigenvalue weighted by atomic mass is 10.0. The number of benzene rings is 2. The number of carbonyl (C=O) groups is 1. The van der Waals surface area contributed by atoms with Crippen molar-refractivity contribution in [2.24, 2.45) is 4.99 Å². The predicted molar refractivity (Wildman–Crippen MR) is 112 cm³/mol. The average molecular weight is 391 g/mol. The smallest absolute Gasteiger partial charge is 0.283 e. The topological polar surface area (TPSA) is 75.0 Å². The molecule has 2 heterocycles. The molecule has 0 saturated carbocycles. The van der Waals surface area contributed by atoms with Crippen molar-refractivity contribution in [3.8, 4) is 11.5 Å². The molecule has 4 rings (SSSR count). The first-order chi connectivity index (χ1) is 13.6. The molecule has 1 N–H and O–H groups in total. The van der Waals surface area contributed by atoms with Gasteiger partial charge in [-0.05, 0) is 29.8 Å². The number of nitrogens with zero attached hydrogens (tertiary/aromatic N) is 2. The summed E-state index contributed by atoms with van der Waals surface area (Å²) >= 11 is 1.34. The zero-order valence-electron chi connectivity index (χ0n) is 15.3. The highest BCUT2D eigenvalue weighted by molar-refractivity contribution is 8.17. The van der Waals surface area contributed by atoms with Gasteiger partial charge in [0.25, 0.3) is 5.91 Å². The number of ether oxygens (including phenoxy) is 2. The lowest BCUT2D eigenvalue weighted by Gasteiger charge is -2.27. The number of hydrogen-bond donors (Lipinski definition) is 1. The first-order valence-electron chi connectivity index (χ1n) is 8.50. The molecular formula is C21H17N3O3S. The van der Waals surface area contributed by atoms with Gasteiger partial charge in [-0.3, -0.25) is 15.1 Å². The molecule has 2 aromatic carbocycles. The minimum absolute atomic E-state index is 0.0833. The molecule has 140 valence electrons. The minimum Gasteiger partial charge on any atom is -0.497 e. The third-order valence-electron chi connectivity index (χ3n) is 4.42. The molecule has 1 amide bonds. The maximum absolute atomic E-state index is 12.6. The second-order valence-electron chi connectivity index (χ2n) is 6.04. The van der Waals surface area contributed by atoms with E-state index >= 15 is 0 Å². The summed E-state index contributed by atoms with van der Waals surface area (Å²) in [6.07, 6.45) is 1.62. The van der Waals surface area contributed by atoms with Crippen LogP contribution < -0.4 is 9.47 Å². The highest BCUT2D eigenvalue weighted by Crippen LogP contribution is 2.37. The Balaban J connectivity index is 1.77. The molecule has 0 fully saturated rings. The zero-order valence-corrected chi connectivity index (χ0v) is 16.1. The number of amidine groups is 2. The third-order valence-corrected chi connectivity index (χ3v) is 5.25. The normalized spacial score (nSPS) is 17.4. The second-order valence-corrected chi connectivity index (χ2v) is 6.87. The van der Waals surface area contributed by atoms with Crippen LogP contribution in [-0.4, -0.2) is 36.0 Å². The van der Waals surface area contributed by atoms with Gasteiger partial charge in [-0.15, -0.1) is 0 Å². The van der Waals surface area contributed by atoms with Gasteiger partial charge in [-0.2, -0.15) is 4.99 Å². The SMILES string of the molecule is COc1ccc(OC)c(/C=C2/C(=N)N3C(c4ccccc4)=CSC3=NC2=O)c1. The predicted octanol–water partition coefficient (Wildman–Crippen LogP) is 4.01. The Morgan fingerprint density at radius 1 is 1.11 bits per heavy atom. The van der Waals surface area contributed by atoms with Crippen molar-refractivity contribution in [3.05, 3.63) is 70.6 Å². The number of rotatable bonds is 4. The Hall–Kier alpha value is -3.32. The largest absolute Gasteiger partial charge is 0.497 e. The maximum atomic E-state index is 12.6. The van der Waals surface area contributed by atoms with Crippen molar-refractivity contribution in [2.75, 3.05) is 14.2 Å². The van der Waals surface area contributed by atoms with E-state index in [0.717, 1.165) is 11.3 Å². The zero-order chi connectivity index (χ0) is 19.7. The van der Waals surface area contributed by atoms with Gasteiger partial charge >= 0.3 is 0 Å². The van der Waals surface area contributed by atoms with Gasteiger partial charge in [-0.25, -0.2) is 0 Å². The average Bonchev–Trinajstić information content (AvgIpc) is 3.15. The van der Waals surface area contributed by atoms with Gasteiger partial charge in [0, 0.05) is 11.0 Å². The number of amides is 1. The Morgan fingerprint density at radius 2 is 1.89 bits per heavy atom. The van der Waals surface area contributed by atoms with Gasteiger partial charge in [0.05, 0.1) is 25.5 Å². The van der Waals surface area contributed by atoms with Crippen LogP contribution in [0.3, 0.4) is 0 Å². The molecule has 0 aromatic heterocycles. The van der Waals surface area contributed by atoms with Crippen LogP contribution in [-0.2, 0) is 4.79 Å². The summed E-state index contributed by atoms with van der Waals surface area (Å²) in [5.41, 5.74) is 2.62. The maximum Gasteiger partial charge on any atom is 0.283 e. The van der Waals surface area contributed by atoms with Crippen molar-refractivity contribution in [1.29, 1.82) is 5.41 Å². The number of fused-ring (bicyclic) bond motifs is 1. The Kier molecular flexibility index (Phi) is 4.75. The standard InChI is InChI=1S/C21H17N3O3S/c1-26-15-8-9-18(27-2)14(10-15)11-16-19(22)24-17(13-6-4-3-5-7-13)12-28-21(24)23-20(16)25/h3-12,22H,1-2H3/b16-11-,22-19?. The number of methoxy groups -OCH3 is 2. The van der Waals surface area contributed by atoms with Crippen LogP contribution in [0.1, 0.15) is 11.1 Å². The van der Waals surface area contributed by atoms with E-state index in [9.17, 15) is 4.79 Å². The van der Waals surface area contributed by atoms with Crippen LogP contribution in [0, 0.1) is 5.41 Å². The molecule has 0 radical (unpaired) electrons. The molecule has 0 atom stereocenters. The van der Waals surface area contributed by atoms with Crippen molar-refractivity contribution in [3.63, 3.8) is 0 Å². The number of aliphatic imine (C=N–C) groups is 1. The first-order valence-corrected chi connectivity index (χ1v) is 9.38. The van der Waals surface area contributed by atoms with Crippen LogP contribution >= 0.6 is 11.8 Å². The summed E-state index contributed by atoms with van der Waals surface area (Å²) < 4.78 is 10.7. The fraction of sp³-hybridized carbons (Fsp3) is 0.0952. The quantitative estimate of drug-likeness (QED) is 0.797.